The monoisotopic (exact) mass is 199 g/mol. The molecule has 0 unspecified atom stereocenters. The molecule has 0 spiro atoms. The second-order valence-electron chi connectivity index (χ2n) is 4.23. The van der Waals surface area contributed by atoms with Gasteiger partial charge in [-0.05, 0) is 48.1 Å². The van der Waals surface area contributed by atoms with Crippen LogP contribution in [0.5, 0.6) is 0 Å². The van der Waals surface area contributed by atoms with Crippen LogP contribution in [0.15, 0.2) is 30.5 Å². The van der Waals surface area contributed by atoms with Crippen molar-refractivity contribution in [3.63, 3.8) is 0 Å². The van der Waals surface area contributed by atoms with Crippen molar-refractivity contribution in [2.75, 3.05) is 0 Å². The number of pyridine rings is 1. The molecule has 2 aromatic rings. The van der Waals surface area contributed by atoms with E-state index in [0.29, 0.717) is 0 Å². The summed E-state index contributed by atoms with van der Waals surface area (Å²) in [7, 11) is 0. The molecule has 3 rings (SSSR count). The Labute approximate surface area is 88.6 Å². The van der Waals surface area contributed by atoms with Gasteiger partial charge in [0.2, 0.25) is 0 Å². The second-order valence-corrected chi connectivity index (χ2v) is 4.23. The fourth-order valence-corrected chi connectivity index (χ4v) is 1.94. The molecule has 1 saturated carbocycles. The Morgan fingerprint density at radius 3 is 2.87 bits per heavy atom. The van der Waals surface area contributed by atoms with Crippen LogP contribution in [0, 0.1) is 0 Å². The fraction of sp³-hybridized carbons (Fsp3) is 0.308. The van der Waals surface area contributed by atoms with Crippen LogP contribution in [-0.2, 0) is 6.61 Å². The van der Waals surface area contributed by atoms with Crippen LogP contribution in [0.1, 0.15) is 29.9 Å². The van der Waals surface area contributed by atoms with Gasteiger partial charge in [0, 0.05) is 11.6 Å². The minimum absolute atomic E-state index is 0.101. The molecule has 0 amide bonds. The van der Waals surface area contributed by atoms with E-state index in [-0.39, 0.29) is 6.61 Å². The molecule has 76 valence electrons. The first-order valence-electron chi connectivity index (χ1n) is 5.36. The first-order valence-corrected chi connectivity index (χ1v) is 5.36. The number of aromatic nitrogens is 1. The molecule has 1 aliphatic carbocycles. The standard InChI is InChI=1S/C13H13NO/c15-8-9-1-4-13-11(5-9)6-12(7-14-13)10-2-3-10/h1,4-7,10,15H,2-3,8H2. The summed E-state index contributed by atoms with van der Waals surface area (Å²) in [6.45, 7) is 0.101. The maximum Gasteiger partial charge on any atom is 0.0702 e. The molecule has 2 heteroatoms. The number of fused-ring (bicyclic) bond motifs is 1. The summed E-state index contributed by atoms with van der Waals surface area (Å²) in [5.41, 5.74) is 3.31. The number of hydrogen-bond donors (Lipinski definition) is 1. The van der Waals surface area contributed by atoms with Gasteiger partial charge in [-0.1, -0.05) is 6.07 Å². The van der Waals surface area contributed by atoms with E-state index in [1.54, 1.807) is 0 Å². The smallest absolute Gasteiger partial charge is 0.0702 e. The molecule has 0 atom stereocenters. The number of aliphatic hydroxyl groups is 1. The van der Waals surface area contributed by atoms with Crippen LogP contribution in [-0.4, -0.2) is 10.1 Å². The number of rotatable bonds is 2. The van der Waals surface area contributed by atoms with E-state index in [1.807, 2.05) is 24.4 Å². The topological polar surface area (TPSA) is 33.1 Å². The number of aliphatic hydroxyl groups excluding tert-OH is 1. The van der Waals surface area contributed by atoms with Gasteiger partial charge in [-0.3, -0.25) is 4.98 Å². The highest BCUT2D eigenvalue weighted by Gasteiger charge is 2.23. The van der Waals surface area contributed by atoms with Crippen LogP contribution in [0.25, 0.3) is 10.9 Å². The summed E-state index contributed by atoms with van der Waals surface area (Å²) in [6.07, 6.45) is 4.58. The van der Waals surface area contributed by atoms with Crippen molar-refractivity contribution in [2.24, 2.45) is 0 Å². The van der Waals surface area contributed by atoms with Gasteiger partial charge in [-0.25, -0.2) is 0 Å². The van der Waals surface area contributed by atoms with Crippen LogP contribution < -0.4 is 0 Å². The Bertz CT molecular complexity index is 503. The number of hydrogen-bond acceptors (Lipinski definition) is 2. The summed E-state index contributed by atoms with van der Waals surface area (Å²) in [6, 6.07) is 8.12. The molecule has 0 radical (unpaired) electrons. The third kappa shape index (κ3) is 1.61. The Hall–Kier alpha value is -1.41. The van der Waals surface area contributed by atoms with Crippen molar-refractivity contribution < 1.29 is 5.11 Å². The van der Waals surface area contributed by atoms with Crippen LogP contribution in [0.2, 0.25) is 0 Å². The van der Waals surface area contributed by atoms with Crippen molar-refractivity contribution in [3.05, 3.63) is 41.6 Å². The lowest BCUT2D eigenvalue weighted by molar-refractivity contribution is 0.282. The van der Waals surface area contributed by atoms with Gasteiger partial charge in [0.05, 0.1) is 12.1 Å². The number of nitrogens with zero attached hydrogens (tertiary/aromatic N) is 1. The molecular formula is C13H13NO. The fourth-order valence-electron chi connectivity index (χ4n) is 1.94. The molecule has 1 heterocycles. The van der Waals surface area contributed by atoms with Gasteiger partial charge in [0.1, 0.15) is 0 Å². The first-order chi connectivity index (χ1) is 7.36. The first kappa shape index (κ1) is 8.86. The van der Waals surface area contributed by atoms with Crippen molar-refractivity contribution in [2.45, 2.75) is 25.4 Å². The Morgan fingerprint density at radius 2 is 2.13 bits per heavy atom. The predicted molar refractivity (Wildman–Crippen MR) is 59.6 cm³/mol. The van der Waals surface area contributed by atoms with Gasteiger partial charge >= 0.3 is 0 Å². The summed E-state index contributed by atoms with van der Waals surface area (Å²) in [5.74, 6) is 0.736. The molecule has 0 aliphatic heterocycles. The summed E-state index contributed by atoms with van der Waals surface area (Å²) in [4.78, 5) is 4.44. The zero-order valence-electron chi connectivity index (χ0n) is 8.48. The molecular weight excluding hydrogens is 186 g/mol. The molecule has 0 saturated heterocycles. The van der Waals surface area contributed by atoms with Gasteiger partial charge in [0.15, 0.2) is 0 Å². The highest BCUT2D eigenvalue weighted by atomic mass is 16.3. The maximum absolute atomic E-state index is 9.07. The largest absolute Gasteiger partial charge is 0.392 e. The highest BCUT2D eigenvalue weighted by Crippen LogP contribution is 2.40. The van der Waals surface area contributed by atoms with E-state index in [1.165, 1.54) is 18.4 Å². The van der Waals surface area contributed by atoms with Gasteiger partial charge in [0.25, 0.3) is 0 Å². The zero-order valence-corrected chi connectivity index (χ0v) is 8.48. The molecule has 15 heavy (non-hydrogen) atoms. The van der Waals surface area contributed by atoms with E-state index in [0.717, 1.165) is 22.4 Å². The van der Waals surface area contributed by atoms with Gasteiger partial charge in [-0.2, -0.15) is 0 Å². The highest BCUT2D eigenvalue weighted by molar-refractivity contribution is 5.79. The predicted octanol–water partition coefficient (Wildman–Crippen LogP) is 2.60. The van der Waals surface area contributed by atoms with Crippen molar-refractivity contribution in [3.8, 4) is 0 Å². The number of benzene rings is 1. The van der Waals surface area contributed by atoms with E-state index >= 15 is 0 Å². The minimum atomic E-state index is 0.101. The Balaban J connectivity index is 2.14. The van der Waals surface area contributed by atoms with E-state index in [4.69, 9.17) is 5.11 Å². The van der Waals surface area contributed by atoms with Crippen LogP contribution in [0.3, 0.4) is 0 Å². The lowest BCUT2D eigenvalue weighted by atomic mass is 10.1. The molecule has 1 aromatic heterocycles. The van der Waals surface area contributed by atoms with Crippen molar-refractivity contribution >= 4 is 10.9 Å². The third-order valence-corrected chi connectivity index (χ3v) is 3.00. The Kier molecular flexibility index (Phi) is 1.96. The Morgan fingerprint density at radius 1 is 1.27 bits per heavy atom. The summed E-state index contributed by atoms with van der Waals surface area (Å²) < 4.78 is 0. The quantitative estimate of drug-likeness (QED) is 0.806. The lowest BCUT2D eigenvalue weighted by Gasteiger charge is -2.03. The average molecular weight is 199 g/mol. The lowest BCUT2D eigenvalue weighted by Crippen LogP contribution is -1.87. The van der Waals surface area contributed by atoms with Crippen molar-refractivity contribution in [1.29, 1.82) is 0 Å². The molecule has 1 fully saturated rings. The average Bonchev–Trinajstić information content (AvgIpc) is 3.11. The van der Waals surface area contributed by atoms with E-state index in [9.17, 15) is 0 Å². The van der Waals surface area contributed by atoms with Crippen molar-refractivity contribution in [1.82, 2.24) is 4.98 Å². The maximum atomic E-state index is 9.07. The molecule has 1 aliphatic rings. The van der Waals surface area contributed by atoms with Crippen LogP contribution >= 0.6 is 0 Å². The summed E-state index contributed by atoms with van der Waals surface area (Å²) >= 11 is 0. The molecule has 2 nitrogen and oxygen atoms in total. The SMILES string of the molecule is OCc1ccc2ncc(C3CC3)cc2c1. The molecule has 1 aromatic carbocycles. The normalized spacial score (nSPS) is 15.8. The van der Waals surface area contributed by atoms with Crippen LogP contribution in [0.4, 0.5) is 0 Å². The minimum Gasteiger partial charge on any atom is -0.392 e. The van der Waals surface area contributed by atoms with E-state index < -0.39 is 0 Å². The molecule has 1 N–H and O–H groups in total. The molecule has 0 bridgehead atoms. The third-order valence-electron chi connectivity index (χ3n) is 3.00. The van der Waals surface area contributed by atoms with Gasteiger partial charge in [-0.15, -0.1) is 0 Å². The second kappa shape index (κ2) is 3.31. The zero-order chi connectivity index (χ0) is 10.3. The summed E-state index contributed by atoms with van der Waals surface area (Å²) in [5, 5.41) is 10.2. The van der Waals surface area contributed by atoms with E-state index in [2.05, 4.69) is 11.1 Å². The van der Waals surface area contributed by atoms with Gasteiger partial charge < -0.3 is 5.11 Å².